The van der Waals surface area contributed by atoms with Crippen molar-refractivity contribution in [3.05, 3.63) is 60.7 Å². The van der Waals surface area contributed by atoms with Gasteiger partial charge >= 0.3 is 0 Å². The Bertz CT molecular complexity index is 1000. The van der Waals surface area contributed by atoms with Gasteiger partial charge < -0.3 is 9.47 Å². The van der Waals surface area contributed by atoms with Gasteiger partial charge in [0.1, 0.15) is 11.5 Å². The standard InChI is InChI=1S/C20H16O2/c1-21-18-9-5-8-15-16-11-10-13-6-3-4-7-14(13)20(16)19(22-2)12-17(15)18/h3-12H,1-2H3. The van der Waals surface area contributed by atoms with E-state index in [0.717, 1.165) is 22.3 Å². The molecule has 0 unspecified atom stereocenters. The first-order valence-corrected chi connectivity index (χ1v) is 7.28. The molecule has 0 N–H and O–H groups in total. The highest BCUT2D eigenvalue weighted by molar-refractivity contribution is 6.20. The lowest BCUT2D eigenvalue weighted by atomic mass is 9.96. The van der Waals surface area contributed by atoms with Gasteiger partial charge in [0.25, 0.3) is 0 Å². The summed E-state index contributed by atoms with van der Waals surface area (Å²) >= 11 is 0. The summed E-state index contributed by atoms with van der Waals surface area (Å²) in [6.45, 7) is 0. The molecule has 0 heterocycles. The second-order valence-corrected chi connectivity index (χ2v) is 5.34. The number of benzene rings is 4. The third-order valence-electron chi connectivity index (χ3n) is 4.25. The number of methoxy groups -OCH3 is 2. The van der Waals surface area contributed by atoms with Crippen molar-refractivity contribution in [2.75, 3.05) is 14.2 Å². The van der Waals surface area contributed by atoms with Crippen LogP contribution in [0.25, 0.3) is 32.3 Å². The molecule has 0 atom stereocenters. The van der Waals surface area contributed by atoms with Crippen LogP contribution in [0.1, 0.15) is 0 Å². The Morgan fingerprint density at radius 3 is 2.18 bits per heavy atom. The second kappa shape index (κ2) is 4.92. The van der Waals surface area contributed by atoms with Gasteiger partial charge in [-0.25, -0.2) is 0 Å². The van der Waals surface area contributed by atoms with Gasteiger partial charge in [-0.05, 0) is 33.7 Å². The summed E-state index contributed by atoms with van der Waals surface area (Å²) in [6, 6.07) is 20.9. The highest BCUT2D eigenvalue weighted by Crippen LogP contribution is 2.40. The lowest BCUT2D eigenvalue weighted by molar-refractivity contribution is 0.415. The molecule has 0 radical (unpaired) electrons. The number of ether oxygens (including phenoxy) is 2. The van der Waals surface area contributed by atoms with Gasteiger partial charge in [0, 0.05) is 10.8 Å². The Labute approximate surface area is 128 Å². The largest absolute Gasteiger partial charge is 0.496 e. The minimum Gasteiger partial charge on any atom is -0.496 e. The molecule has 0 aromatic heterocycles. The van der Waals surface area contributed by atoms with Gasteiger partial charge in [-0.15, -0.1) is 0 Å². The summed E-state index contributed by atoms with van der Waals surface area (Å²) in [4.78, 5) is 0. The molecule has 0 aliphatic carbocycles. The van der Waals surface area contributed by atoms with E-state index in [-0.39, 0.29) is 0 Å². The van der Waals surface area contributed by atoms with Crippen LogP contribution in [0.15, 0.2) is 60.7 Å². The van der Waals surface area contributed by atoms with Crippen LogP contribution in [0.2, 0.25) is 0 Å². The zero-order valence-electron chi connectivity index (χ0n) is 12.6. The van der Waals surface area contributed by atoms with Crippen molar-refractivity contribution in [3.63, 3.8) is 0 Å². The van der Waals surface area contributed by atoms with Crippen LogP contribution in [0.5, 0.6) is 11.5 Å². The molecule has 0 spiro atoms. The van der Waals surface area contributed by atoms with Crippen molar-refractivity contribution < 1.29 is 9.47 Å². The summed E-state index contributed by atoms with van der Waals surface area (Å²) in [5.41, 5.74) is 0. The van der Waals surface area contributed by atoms with E-state index in [0.29, 0.717) is 0 Å². The third-order valence-corrected chi connectivity index (χ3v) is 4.25. The average Bonchev–Trinajstić information content (AvgIpc) is 2.59. The molecular weight excluding hydrogens is 272 g/mol. The number of hydrogen-bond donors (Lipinski definition) is 0. The fraction of sp³-hybridized carbons (Fsp3) is 0.100. The van der Waals surface area contributed by atoms with Gasteiger partial charge in [-0.2, -0.15) is 0 Å². The number of fused-ring (bicyclic) bond motifs is 5. The van der Waals surface area contributed by atoms with E-state index in [1.54, 1.807) is 14.2 Å². The fourth-order valence-corrected chi connectivity index (χ4v) is 3.23. The summed E-state index contributed by atoms with van der Waals surface area (Å²) in [6.07, 6.45) is 0. The minimum atomic E-state index is 0.867. The molecule has 4 aromatic carbocycles. The van der Waals surface area contributed by atoms with E-state index in [4.69, 9.17) is 9.47 Å². The molecule has 22 heavy (non-hydrogen) atoms. The fourth-order valence-electron chi connectivity index (χ4n) is 3.23. The van der Waals surface area contributed by atoms with Crippen molar-refractivity contribution in [2.24, 2.45) is 0 Å². The van der Waals surface area contributed by atoms with Crippen LogP contribution >= 0.6 is 0 Å². The number of hydrogen-bond acceptors (Lipinski definition) is 2. The van der Waals surface area contributed by atoms with Crippen molar-refractivity contribution in [3.8, 4) is 11.5 Å². The van der Waals surface area contributed by atoms with E-state index in [1.807, 2.05) is 12.1 Å². The highest BCUT2D eigenvalue weighted by Gasteiger charge is 2.12. The van der Waals surface area contributed by atoms with Crippen LogP contribution in [-0.4, -0.2) is 14.2 Å². The third kappa shape index (κ3) is 1.74. The Balaban J connectivity index is 2.29. The maximum atomic E-state index is 5.69. The lowest BCUT2D eigenvalue weighted by Crippen LogP contribution is -1.90. The highest BCUT2D eigenvalue weighted by atomic mass is 16.5. The van der Waals surface area contributed by atoms with E-state index in [9.17, 15) is 0 Å². The van der Waals surface area contributed by atoms with Crippen molar-refractivity contribution in [1.82, 2.24) is 0 Å². The molecule has 0 fully saturated rings. The monoisotopic (exact) mass is 288 g/mol. The van der Waals surface area contributed by atoms with Gasteiger partial charge in [0.05, 0.1) is 14.2 Å². The molecule has 0 bridgehead atoms. The molecule has 0 aliphatic heterocycles. The SMILES string of the molecule is COc1cccc2c1cc(OC)c1c3ccccc3ccc21. The predicted molar refractivity (Wildman–Crippen MR) is 92.1 cm³/mol. The van der Waals surface area contributed by atoms with E-state index < -0.39 is 0 Å². The van der Waals surface area contributed by atoms with Gasteiger partial charge in [-0.1, -0.05) is 48.5 Å². The van der Waals surface area contributed by atoms with Crippen molar-refractivity contribution in [1.29, 1.82) is 0 Å². The van der Waals surface area contributed by atoms with Crippen LogP contribution in [0.3, 0.4) is 0 Å². The predicted octanol–water partition coefficient (Wildman–Crippen LogP) is 5.16. The Morgan fingerprint density at radius 1 is 0.591 bits per heavy atom. The smallest absolute Gasteiger partial charge is 0.128 e. The molecule has 0 saturated heterocycles. The molecule has 0 amide bonds. The zero-order chi connectivity index (χ0) is 15.1. The molecular formula is C20H16O2. The van der Waals surface area contributed by atoms with Crippen LogP contribution in [-0.2, 0) is 0 Å². The van der Waals surface area contributed by atoms with Crippen molar-refractivity contribution >= 4 is 32.3 Å². The second-order valence-electron chi connectivity index (χ2n) is 5.34. The summed E-state index contributed by atoms with van der Waals surface area (Å²) < 4.78 is 11.2. The molecule has 4 rings (SSSR count). The molecule has 2 heteroatoms. The zero-order valence-corrected chi connectivity index (χ0v) is 12.6. The minimum absolute atomic E-state index is 0.867. The van der Waals surface area contributed by atoms with Crippen LogP contribution in [0, 0.1) is 0 Å². The first-order valence-electron chi connectivity index (χ1n) is 7.28. The molecule has 0 saturated carbocycles. The van der Waals surface area contributed by atoms with Crippen molar-refractivity contribution in [2.45, 2.75) is 0 Å². The molecule has 0 aliphatic rings. The Hall–Kier alpha value is -2.74. The summed E-state index contributed by atoms with van der Waals surface area (Å²) in [5, 5.41) is 7.02. The maximum absolute atomic E-state index is 5.69. The van der Waals surface area contributed by atoms with E-state index >= 15 is 0 Å². The maximum Gasteiger partial charge on any atom is 0.128 e. The summed E-state index contributed by atoms with van der Waals surface area (Å²) in [5.74, 6) is 1.75. The summed E-state index contributed by atoms with van der Waals surface area (Å²) in [7, 11) is 3.42. The normalized spacial score (nSPS) is 11.2. The first kappa shape index (κ1) is 13.0. The van der Waals surface area contributed by atoms with E-state index in [1.165, 1.54) is 21.5 Å². The van der Waals surface area contributed by atoms with Gasteiger partial charge in [0.15, 0.2) is 0 Å². The van der Waals surface area contributed by atoms with Crippen LogP contribution < -0.4 is 9.47 Å². The first-order chi connectivity index (χ1) is 10.8. The van der Waals surface area contributed by atoms with Gasteiger partial charge in [0.2, 0.25) is 0 Å². The lowest BCUT2D eigenvalue weighted by Gasteiger charge is -2.14. The molecule has 4 aromatic rings. The quantitative estimate of drug-likeness (QED) is 0.474. The number of rotatable bonds is 2. The topological polar surface area (TPSA) is 18.5 Å². The van der Waals surface area contributed by atoms with E-state index in [2.05, 4.69) is 48.5 Å². The Morgan fingerprint density at radius 2 is 1.36 bits per heavy atom. The van der Waals surface area contributed by atoms with Crippen LogP contribution in [0.4, 0.5) is 0 Å². The molecule has 2 nitrogen and oxygen atoms in total. The Kier molecular flexibility index (Phi) is 2.90. The average molecular weight is 288 g/mol. The molecule has 108 valence electrons. The van der Waals surface area contributed by atoms with Gasteiger partial charge in [-0.3, -0.25) is 0 Å².